The molecule has 2 aromatic carbocycles. The molecule has 0 saturated carbocycles. The van der Waals surface area contributed by atoms with E-state index in [9.17, 15) is 4.79 Å². The van der Waals surface area contributed by atoms with Crippen LogP contribution in [0.25, 0.3) is 12.2 Å². The molecule has 0 atom stereocenters. The highest BCUT2D eigenvalue weighted by molar-refractivity contribution is 6.05. The van der Waals surface area contributed by atoms with Gasteiger partial charge in [-0.1, -0.05) is 0 Å². The molecule has 0 radical (unpaired) electrons. The van der Waals surface area contributed by atoms with E-state index in [1.807, 2.05) is 0 Å². The Balaban J connectivity index is 2.32. The van der Waals surface area contributed by atoms with Crippen LogP contribution in [0.15, 0.2) is 36.4 Å². The van der Waals surface area contributed by atoms with Crippen molar-refractivity contribution in [3.05, 3.63) is 47.5 Å². The van der Waals surface area contributed by atoms with Crippen molar-refractivity contribution >= 4 is 17.9 Å². The molecule has 0 heterocycles. The van der Waals surface area contributed by atoms with E-state index < -0.39 is 0 Å². The second kappa shape index (κ2) is 10.8. The molecule has 0 N–H and O–H groups in total. The highest BCUT2D eigenvalue weighted by atomic mass is 16.5. The Bertz CT molecular complexity index is 819. The van der Waals surface area contributed by atoms with Gasteiger partial charge in [0.15, 0.2) is 5.78 Å². The van der Waals surface area contributed by atoms with Gasteiger partial charge in [-0.3, -0.25) is 4.79 Å². The summed E-state index contributed by atoms with van der Waals surface area (Å²) in [5.74, 6) is 3.04. The molecule has 0 saturated heterocycles. The predicted molar refractivity (Wildman–Crippen MR) is 115 cm³/mol. The second-order valence-electron chi connectivity index (χ2n) is 5.96. The van der Waals surface area contributed by atoms with Crippen LogP contribution in [0.4, 0.5) is 0 Å². The van der Waals surface area contributed by atoms with Gasteiger partial charge < -0.3 is 28.4 Å². The Morgan fingerprint density at radius 1 is 0.567 bits per heavy atom. The number of hydrogen-bond donors (Lipinski definition) is 0. The molecule has 30 heavy (non-hydrogen) atoms. The zero-order chi connectivity index (χ0) is 22.1. The molecule has 7 heteroatoms. The lowest BCUT2D eigenvalue weighted by molar-refractivity contribution is -0.110. The van der Waals surface area contributed by atoms with E-state index in [4.69, 9.17) is 28.4 Å². The summed E-state index contributed by atoms with van der Waals surface area (Å²) in [6.07, 6.45) is 6.11. The van der Waals surface area contributed by atoms with E-state index in [0.717, 1.165) is 0 Å². The van der Waals surface area contributed by atoms with Crippen molar-refractivity contribution in [1.82, 2.24) is 0 Å². The third-order valence-corrected chi connectivity index (χ3v) is 4.33. The number of methoxy groups -OCH3 is 6. The van der Waals surface area contributed by atoms with Gasteiger partial charge in [0, 0.05) is 24.3 Å². The highest BCUT2D eigenvalue weighted by Crippen LogP contribution is 2.36. The van der Waals surface area contributed by atoms with Crippen molar-refractivity contribution in [2.75, 3.05) is 42.7 Å². The van der Waals surface area contributed by atoms with Gasteiger partial charge in [-0.25, -0.2) is 0 Å². The van der Waals surface area contributed by atoms with Crippen molar-refractivity contribution in [3.8, 4) is 34.5 Å². The first kappa shape index (κ1) is 22.7. The Morgan fingerprint density at radius 3 is 1.10 bits per heavy atom. The number of rotatable bonds is 10. The molecule has 0 spiro atoms. The van der Waals surface area contributed by atoms with Gasteiger partial charge >= 0.3 is 0 Å². The quantitative estimate of drug-likeness (QED) is 0.544. The monoisotopic (exact) mass is 414 g/mol. The smallest absolute Gasteiger partial charge is 0.178 e. The van der Waals surface area contributed by atoms with E-state index >= 15 is 0 Å². The van der Waals surface area contributed by atoms with E-state index in [1.54, 1.807) is 50.6 Å². The molecule has 7 nitrogen and oxygen atoms in total. The summed E-state index contributed by atoms with van der Waals surface area (Å²) in [6, 6.07) is 6.87. The normalized spacial score (nSPS) is 10.9. The average Bonchev–Trinajstić information content (AvgIpc) is 2.79. The number of carbonyl (C=O) groups excluding carboxylic acids is 1. The molecule has 0 amide bonds. The summed E-state index contributed by atoms with van der Waals surface area (Å²) in [4.78, 5) is 12.4. The largest absolute Gasteiger partial charge is 0.496 e. The highest BCUT2D eigenvalue weighted by Gasteiger charge is 2.12. The lowest BCUT2D eigenvalue weighted by Gasteiger charge is -2.12. The Labute approximate surface area is 176 Å². The van der Waals surface area contributed by atoms with Crippen molar-refractivity contribution in [2.45, 2.75) is 0 Å². The molecule has 0 aromatic heterocycles. The molecule has 0 aliphatic heterocycles. The molecular weight excluding hydrogens is 388 g/mol. The minimum Gasteiger partial charge on any atom is -0.496 e. The van der Waals surface area contributed by atoms with Gasteiger partial charge in [0.1, 0.15) is 34.5 Å². The van der Waals surface area contributed by atoms with Crippen LogP contribution in [0, 0.1) is 0 Å². The minimum atomic E-state index is -0.241. The standard InChI is InChI=1S/C23H26O7/c1-25-16-11-20(27-3)18(21(12-16)28-4)9-7-15(24)8-10-19-22(29-5)13-17(26-2)14-23(19)30-6/h7-14H,1-6H3. The maximum absolute atomic E-state index is 12.4. The fourth-order valence-electron chi connectivity index (χ4n) is 2.78. The van der Waals surface area contributed by atoms with Gasteiger partial charge in [0.05, 0.1) is 53.8 Å². The minimum absolute atomic E-state index is 0.241. The lowest BCUT2D eigenvalue weighted by atomic mass is 10.1. The number of ether oxygens (including phenoxy) is 6. The average molecular weight is 414 g/mol. The van der Waals surface area contributed by atoms with Crippen LogP contribution in [0.3, 0.4) is 0 Å². The van der Waals surface area contributed by atoms with Crippen molar-refractivity contribution in [2.24, 2.45) is 0 Å². The van der Waals surface area contributed by atoms with Crippen LogP contribution in [-0.2, 0) is 4.79 Å². The van der Waals surface area contributed by atoms with E-state index in [0.29, 0.717) is 45.6 Å². The number of carbonyl (C=O) groups is 1. The summed E-state index contributed by atoms with van der Waals surface area (Å²) in [7, 11) is 9.26. The summed E-state index contributed by atoms with van der Waals surface area (Å²) in [5.41, 5.74) is 1.25. The van der Waals surface area contributed by atoms with Crippen LogP contribution in [0.2, 0.25) is 0 Å². The topological polar surface area (TPSA) is 72.5 Å². The van der Waals surface area contributed by atoms with Crippen LogP contribution < -0.4 is 28.4 Å². The van der Waals surface area contributed by atoms with Crippen LogP contribution >= 0.6 is 0 Å². The van der Waals surface area contributed by atoms with E-state index in [2.05, 4.69) is 0 Å². The van der Waals surface area contributed by atoms with E-state index in [-0.39, 0.29) is 5.78 Å². The first-order valence-electron chi connectivity index (χ1n) is 9.01. The van der Waals surface area contributed by atoms with E-state index in [1.165, 1.54) is 40.6 Å². The van der Waals surface area contributed by atoms with Crippen molar-refractivity contribution < 1.29 is 33.2 Å². The SMILES string of the molecule is COc1cc(OC)c(C=CC(=O)C=Cc2c(OC)cc(OC)cc2OC)c(OC)c1. The number of allylic oxidation sites excluding steroid dienone is 2. The zero-order valence-electron chi connectivity index (χ0n) is 18.0. The van der Waals surface area contributed by atoms with Crippen molar-refractivity contribution in [1.29, 1.82) is 0 Å². The van der Waals surface area contributed by atoms with Gasteiger partial charge in [-0.05, 0) is 24.3 Å². The Morgan fingerprint density at radius 2 is 0.867 bits per heavy atom. The molecule has 160 valence electrons. The molecule has 2 aromatic rings. The first-order valence-corrected chi connectivity index (χ1v) is 9.01. The van der Waals surface area contributed by atoms with Gasteiger partial charge in [0.25, 0.3) is 0 Å². The molecule has 0 bridgehead atoms. The van der Waals surface area contributed by atoms with Gasteiger partial charge in [-0.2, -0.15) is 0 Å². The maximum Gasteiger partial charge on any atom is 0.178 e. The third-order valence-electron chi connectivity index (χ3n) is 4.33. The van der Waals surface area contributed by atoms with Crippen LogP contribution in [0.5, 0.6) is 34.5 Å². The predicted octanol–water partition coefficient (Wildman–Crippen LogP) is 4.03. The van der Waals surface area contributed by atoms with Crippen LogP contribution in [-0.4, -0.2) is 48.4 Å². The Hall–Kier alpha value is -3.61. The molecule has 0 aliphatic rings. The summed E-state index contributed by atoms with van der Waals surface area (Å²) in [5, 5.41) is 0. The fraction of sp³-hybridized carbons (Fsp3) is 0.261. The number of benzene rings is 2. The number of hydrogen-bond acceptors (Lipinski definition) is 7. The summed E-state index contributed by atoms with van der Waals surface area (Å²) in [6.45, 7) is 0. The van der Waals surface area contributed by atoms with Gasteiger partial charge in [-0.15, -0.1) is 0 Å². The molecule has 0 aliphatic carbocycles. The zero-order valence-corrected chi connectivity index (χ0v) is 18.0. The maximum atomic E-state index is 12.4. The fourth-order valence-corrected chi connectivity index (χ4v) is 2.78. The first-order chi connectivity index (χ1) is 14.5. The number of ketones is 1. The lowest BCUT2D eigenvalue weighted by Crippen LogP contribution is -1.96. The summed E-state index contributed by atoms with van der Waals surface area (Å²) >= 11 is 0. The molecular formula is C23H26O7. The van der Waals surface area contributed by atoms with Gasteiger partial charge in [0.2, 0.25) is 0 Å². The molecule has 0 fully saturated rings. The third kappa shape index (κ3) is 5.26. The summed E-state index contributed by atoms with van der Waals surface area (Å²) < 4.78 is 32.0. The molecule has 0 unspecified atom stereocenters. The Kier molecular flexibility index (Phi) is 8.17. The molecule has 2 rings (SSSR count). The second-order valence-corrected chi connectivity index (χ2v) is 5.96. The van der Waals surface area contributed by atoms with Crippen LogP contribution in [0.1, 0.15) is 11.1 Å². The van der Waals surface area contributed by atoms with Crippen molar-refractivity contribution in [3.63, 3.8) is 0 Å².